The van der Waals surface area contributed by atoms with Crippen LogP contribution in [-0.4, -0.2) is 31.5 Å². The molecule has 132 valence electrons. The molecule has 2 N–H and O–H groups in total. The number of halogens is 1. The molecule has 2 aromatic rings. The molecule has 25 heavy (non-hydrogen) atoms. The Kier molecular flexibility index (Phi) is 3.95. The smallest absolute Gasteiger partial charge is 0.253 e. The number of hydrogen-bond acceptors (Lipinski definition) is 4. The molecule has 1 aliphatic carbocycles. The number of carbonyl (C=O) groups excluding carboxylic acids is 1. The Hall–Kier alpha value is -2.42. The number of anilines is 1. The number of aromatic nitrogens is 2. The van der Waals surface area contributed by atoms with Crippen molar-refractivity contribution in [2.45, 2.75) is 31.7 Å². The van der Waals surface area contributed by atoms with Gasteiger partial charge in [0.2, 0.25) is 11.2 Å². The number of nitrogens with zero attached hydrogens (tertiary/aromatic N) is 3. The fourth-order valence-corrected chi connectivity index (χ4v) is 4.34. The predicted molar refractivity (Wildman–Crippen MR) is 90.4 cm³/mol. The van der Waals surface area contributed by atoms with E-state index in [1.54, 1.807) is 12.4 Å². The van der Waals surface area contributed by atoms with Crippen LogP contribution < -0.4 is 9.03 Å². The number of benzene rings is 1. The van der Waals surface area contributed by atoms with Crippen molar-refractivity contribution in [3.05, 3.63) is 30.3 Å². The highest BCUT2D eigenvalue weighted by Crippen LogP contribution is 2.38. The number of nitrogens with one attached hydrogen (secondary N) is 1. The first-order valence-electron chi connectivity index (χ1n) is 8.09. The molecule has 1 atom stereocenters. The van der Waals surface area contributed by atoms with Crippen LogP contribution in [0.15, 0.2) is 24.5 Å². The molecule has 0 bridgehead atoms. The van der Waals surface area contributed by atoms with Crippen LogP contribution in [0.2, 0.25) is 0 Å². The monoisotopic (exact) mass is 364 g/mol. The minimum absolute atomic E-state index is 0.244. The van der Waals surface area contributed by atoms with Crippen molar-refractivity contribution < 1.29 is 18.5 Å². The minimum Gasteiger partial charge on any atom is -0.506 e. The third-order valence-electron chi connectivity index (χ3n) is 4.64. The minimum atomic E-state index is -1.91. The lowest BCUT2D eigenvalue weighted by molar-refractivity contribution is -0.117. The highest BCUT2D eigenvalue weighted by atomic mass is 32.2. The second-order valence-electron chi connectivity index (χ2n) is 6.25. The van der Waals surface area contributed by atoms with Gasteiger partial charge >= 0.3 is 0 Å². The highest BCUT2D eigenvalue weighted by Gasteiger charge is 2.32. The standard InChI is InChI=1S/C16H17FN4O3S/c17-15-12(10-7-18-20(8-10)11-3-1-2-4-11)5-6-13(22)16(15)21-9-14(23)19-25(21)24/h5-8,11,22H,1-4,9H2,(H,19,23). The SMILES string of the molecule is O=C1CN(c2c(O)ccc(-c3cnn(C4CCCC4)c3)c2F)S(=O)N1. The van der Waals surface area contributed by atoms with Crippen molar-refractivity contribution in [1.82, 2.24) is 14.5 Å². The van der Waals surface area contributed by atoms with Gasteiger partial charge in [-0.15, -0.1) is 0 Å². The Morgan fingerprint density at radius 1 is 1.32 bits per heavy atom. The normalized spacial score (nSPS) is 21.1. The van der Waals surface area contributed by atoms with E-state index in [1.807, 2.05) is 4.68 Å². The van der Waals surface area contributed by atoms with Crippen molar-refractivity contribution in [2.24, 2.45) is 0 Å². The lowest BCUT2D eigenvalue weighted by Crippen LogP contribution is -2.23. The molecule has 9 heteroatoms. The summed E-state index contributed by atoms with van der Waals surface area (Å²) in [5.74, 6) is -1.58. The van der Waals surface area contributed by atoms with Gasteiger partial charge in [0, 0.05) is 17.3 Å². The quantitative estimate of drug-likeness (QED) is 0.872. The molecule has 0 radical (unpaired) electrons. The Morgan fingerprint density at radius 2 is 2.08 bits per heavy atom. The van der Waals surface area contributed by atoms with Gasteiger partial charge in [-0.3, -0.25) is 18.5 Å². The molecule has 2 aliphatic rings. The summed E-state index contributed by atoms with van der Waals surface area (Å²) in [4.78, 5) is 11.4. The van der Waals surface area contributed by atoms with Crippen molar-refractivity contribution in [2.75, 3.05) is 10.8 Å². The van der Waals surface area contributed by atoms with Crippen molar-refractivity contribution in [3.8, 4) is 16.9 Å². The molecule has 2 heterocycles. The number of aromatic hydroxyl groups is 1. The van der Waals surface area contributed by atoms with Gasteiger partial charge in [-0.1, -0.05) is 12.8 Å². The van der Waals surface area contributed by atoms with E-state index in [1.165, 1.54) is 25.0 Å². The molecule has 0 spiro atoms. The summed E-state index contributed by atoms with van der Waals surface area (Å²) in [5.41, 5.74) is 0.575. The van der Waals surface area contributed by atoms with Crippen LogP contribution in [0.3, 0.4) is 0 Å². The van der Waals surface area contributed by atoms with Gasteiger partial charge in [0.15, 0.2) is 5.82 Å². The van der Waals surface area contributed by atoms with Crippen LogP contribution in [0.4, 0.5) is 10.1 Å². The molecule has 1 unspecified atom stereocenters. The zero-order valence-corrected chi connectivity index (χ0v) is 14.1. The summed E-state index contributed by atoms with van der Waals surface area (Å²) in [6.07, 6.45) is 7.83. The number of hydrogen-bond donors (Lipinski definition) is 2. The summed E-state index contributed by atoms with van der Waals surface area (Å²) in [6, 6.07) is 3.13. The van der Waals surface area contributed by atoms with Crippen molar-refractivity contribution >= 4 is 22.8 Å². The van der Waals surface area contributed by atoms with E-state index in [0.29, 0.717) is 11.6 Å². The third-order valence-corrected chi connectivity index (χ3v) is 5.76. The van der Waals surface area contributed by atoms with Crippen LogP contribution in [0.1, 0.15) is 31.7 Å². The fraction of sp³-hybridized carbons (Fsp3) is 0.375. The summed E-state index contributed by atoms with van der Waals surface area (Å²) < 4.78 is 32.0. The van der Waals surface area contributed by atoms with E-state index in [2.05, 4.69) is 9.82 Å². The molecule has 1 saturated heterocycles. The van der Waals surface area contributed by atoms with E-state index < -0.39 is 22.9 Å². The molecule has 1 aromatic carbocycles. The summed E-state index contributed by atoms with van der Waals surface area (Å²) in [5, 5.41) is 14.4. The molecular weight excluding hydrogens is 347 g/mol. The van der Waals surface area contributed by atoms with Gasteiger partial charge in [0.1, 0.15) is 18.0 Å². The summed E-state index contributed by atoms with van der Waals surface area (Å²) >= 11 is -1.91. The predicted octanol–water partition coefficient (Wildman–Crippen LogP) is 2.02. The Labute approximate surface area is 146 Å². The maximum Gasteiger partial charge on any atom is 0.253 e. The van der Waals surface area contributed by atoms with Crippen molar-refractivity contribution in [1.29, 1.82) is 0 Å². The number of amides is 1. The lowest BCUT2D eigenvalue weighted by atomic mass is 10.1. The van der Waals surface area contributed by atoms with E-state index in [0.717, 1.165) is 17.1 Å². The fourth-order valence-electron chi connectivity index (χ4n) is 3.40. The zero-order valence-electron chi connectivity index (χ0n) is 13.3. The second kappa shape index (κ2) is 6.14. The topological polar surface area (TPSA) is 87.5 Å². The van der Waals surface area contributed by atoms with Crippen LogP contribution >= 0.6 is 0 Å². The first-order chi connectivity index (χ1) is 12.0. The number of phenolic OH excluding ortho intramolecular Hbond substituents is 1. The third kappa shape index (κ3) is 2.78. The first kappa shape index (κ1) is 16.1. The summed E-state index contributed by atoms with van der Waals surface area (Å²) in [7, 11) is 0. The molecule has 1 aliphatic heterocycles. The largest absolute Gasteiger partial charge is 0.506 e. The van der Waals surface area contributed by atoms with Crippen LogP contribution in [0.5, 0.6) is 5.75 Å². The second-order valence-corrected chi connectivity index (χ2v) is 7.40. The van der Waals surface area contributed by atoms with Gasteiger partial charge in [-0.05, 0) is 25.0 Å². The molecular formula is C16H17FN4O3S. The van der Waals surface area contributed by atoms with Crippen LogP contribution in [0, 0.1) is 5.82 Å². The highest BCUT2D eigenvalue weighted by molar-refractivity contribution is 7.85. The van der Waals surface area contributed by atoms with E-state index in [-0.39, 0.29) is 23.5 Å². The molecule has 1 aromatic heterocycles. The first-order valence-corrected chi connectivity index (χ1v) is 9.20. The Bertz CT molecular complexity index is 863. The number of rotatable bonds is 3. The van der Waals surface area contributed by atoms with Gasteiger partial charge in [-0.2, -0.15) is 5.10 Å². The molecule has 1 saturated carbocycles. The lowest BCUT2D eigenvalue weighted by Gasteiger charge is -2.17. The number of carbonyl (C=O) groups is 1. The molecule has 4 rings (SSSR count). The Balaban J connectivity index is 1.72. The molecule has 2 fully saturated rings. The average Bonchev–Trinajstić information content (AvgIpc) is 3.29. The summed E-state index contributed by atoms with van der Waals surface area (Å²) in [6.45, 7) is -0.276. The molecule has 7 nitrogen and oxygen atoms in total. The van der Waals surface area contributed by atoms with Gasteiger partial charge < -0.3 is 5.11 Å². The average molecular weight is 364 g/mol. The maximum absolute atomic E-state index is 15.0. The Morgan fingerprint density at radius 3 is 2.76 bits per heavy atom. The molecule has 1 amide bonds. The van der Waals surface area contributed by atoms with Gasteiger partial charge in [0.25, 0.3) is 5.91 Å². The van der Waals surface area contributed by atoms with Gasteiger partial charge in [-0.25, -0.2) is 8.60 Å². The van der Waals surface area contributed by atoms with Gasteiger partial charge in [0.05, 0.1) is 12.2 Å². The van der Waals surface area contributed by atoms with Crippen molar-refractivity contribution in [3.63, 3.8) is 0 Å². The van der Waals surface area contributed by atoms with E-state index >= 15 is 4.39 Å². The van der Waals surface area contributed by atoms with Crippen LogP contribution in [0.25, 0.3) is 11.1 Å². The van der Waals surface area contributed by atoms with Crippen LogP contribution in [-0.2, 0) is 16.0 Å². The number of phenols is 1. The van der Waals surface area contributed by atoms with E-state index in [9.17, 15) is 14.1 Å². The zero-order chi connectivity index (χ0) is 17.6. The maximum atomic E-state index is 15.0. The van der Waals surface area contributed by atoms with E-state index in [4.69, 9.17) is 0 Å².